The lowest BCUT2D eigenvalue weighted by Gasteiger charge is -2.34. The molecule has 128 valence electrons. The number of rotatable bonds is 2. The van der Waals surface area contributed by atoms with Gasteiger partial charge in [0, 0.05) is 23.6 Å². The summed E-state index contributed by atoms with van der Waals surface area (Å²) in [5.74, 6) is -0.451. The van der Waals surface area contributed by atoms with Crippen LogP contribution in [-0.2, 0) is 4.74 Å². The SMILES string of the molecule is CC(C)(C)OC(=O)N1CCC(Nc2cc(Br)cc(F)c2N)CC1. The molecule has 0 atom stereocenters. The van der Waals surface area contributed by atoms with Crippen molar-refractivity contribution in [2.45, 2.75) is 45.3 Å². The van der Waals surface area contributed by atoms with Crippen LogP contribution in [-0.4, -0.2) is 35.7 Å². The Hall–Kier alpha value is -1.50. The van der Waals surface area contributed by atoms with Gasteiger partial charge in [0.15, 0.2) is 0 Å². The van der Waals surface area contributed by atoms with Crippen molar-refractivity contribution >= 4 is 33.4 Å². The zero-order valence-electron chi connectivity index (χ0n) is 13.7. The smallest absolute Gasteiger partial charge is 0.410 e. The second kappa shape index (κ2) is 6.95. The Morgan fingerprint density at radius 1 is 1.39 bits per heavy atom. The molecule has 3 N–H and O–H groups in total. The molecule has 0 unspecified atom stereocenters. The third-order valence-electron chi connectivity index (χ3n) is 3.60. The van der Waals surface area contributed by atoms with E-state index in [0.29, 0.717) is 23.2 Å². The molecule has 1 amide bonds. The van der Waals surface area contributed by atoms with E-state index in [0.717, 1.165) is 12.8 Å². The van der Waals surface area contributed by atoms with Crippen LogP contribution in [0.3, 0.4) is 0 Å². The zero-order chi connectivity index (χ0) is 17.2. The molecule has 0 spiro atoms. The Morgan fingerprint density at radius 3 is 2.57 bits per heavy atom. The van der Waals surface area contributed by atoms with Crippen LogP contribution in [0.25, 0.3) is 0 Å². The number of anilines is 2. The highest BCUT2D eigenvalue weighted by Crippen LogP contribution is 2.29. The van der Waals surface area contributed by atoms with E-state index in [-0.39, 0.29) is 17.8 Å². The molecular weight excluding hydrogens is 365 g/mol. The molecule has 7 heteroatoms. The first-order valence-electron chi connectivity index (χ1n) is 7.64. The van der Waals surface area contributed by atoms with E-state index in [1.807, 2.05) is 20.8 Å². The molecule has 0 radical (unpaired) electrons. The normalized spacial score (nSPS) is 16.3. The average molecular weight is 388 g/mol. The molecular formula is C16H23BrFN3O2. The van der Waals surface area contributed by atoms with E-state index in [2.05, 4.69) is 21.2 Å². The number of hydrogen-bond donors (Lipinski definition) is 2. The first-order chi connectivity index (χ1) is 10.7. The van der Waals surface area contributed by atoms with E-state index in [4.69, 9.17) is 10.5 Å². The predicted molar refractivity (Wildman–Crippen MR) is 93.0 cm³/mol. The molecule has 1 aliphatic rings. The van der Waals surface area contributed by atoms with Gasteiger partial charge in [-0.05, 0) is 45.7 Å². The van der Waals surface area contributed by atoms with Gasteiger partial charge in [0.1, 0.15) is 11.4 Å². The highest BCUT2D eigenvalue weighted by molar-refractivity contribution is 9.10. The molecule has 1 heterocycles. The highest BCUT2D eigenvalue weighted by atomic mass is 79.9. The number of ether oxygens (including phenoxy) is 1. The van der Waals surface area contributed by atoms with Crippen LogP contribution in [0.2, 0.25) is 0 Å². The lowest BCUT2D eigenvalue weighted by atomic mass is 10.0. The van der Waals surface area contributed by atoms with Crippen LogP contribution in [0.15, 0.2) is 16.6 Å². The first kappa shape index (κ1) is 17.8. The summed E-state index contributed by atoms with van der Waals surface area (Å²) in [7, 11) is 0. The minimum atomic E-state index is -0.492. The third-order valence-corrected chi connectivity index (χ3v) is 4.06. The van der Waals surface area contributed by atoms with Crippen LogP contribution in [0.5, 0.6) is 0 Å². The molecule has 1 aromatic carbocycles. The van der Waals surface area contributed by atoms with Crippen molar-refractivity contribution in [3.63, 3.8) is 0 Å². The first-order valence-corrected chi connectivity index (χ1v) is 8.44. The molecule has 1 saturated heterocycles. The van der Waals surface area contributed by atoms with Gasteiger partial charge in [0.2, 0.25) is 0 Å². The summed E-state index contributed by atoms with van der Waals surface area (Å²) in [6, 6.07) is 3.24. The van der Waals surface area contributed by atoms with Crippen LogP contribution in [0.1, 0.15) is 33.6 Å². The number of carbonyl (C=O) groups excluding carboxylic acids is 1. The molecule has 1 aliphatic heterocycles. The van der Waals surface area contributed by atoms with E-state index in [1.54, 1.807) is 11.0 Å². The molecule has 2 rings (SSSR count). The number of piperidine rings is 1. The fraction of sp³-hybridized carbons (Fsp3) is 0.562. The van der Waals surface area contributed by atoms with Gasteiger partial charge in [-0.15, -0.1) is 0 Å². The molecule has 1 aromatic rings. The Balaban J connectivity index is 1.92. The van der Waals surface area contributed by atoms with Gasteiger partial charge in [-0.25, -0.2) is 9.18 Å². The largest absolute Gasteiger partial charge is 0.444 e. The molecule has 0 aliphatic carbocycles. The number of carbonyl (C=O) groups is 1. The van der Waals surface area contributed by atoms with Gasteiger partial charge < -0.3 is 20.7 Å². The Bertz CT molecular complexity index is 581. The second-order valence-electron chi connectivity index (χ2n) is 6.73. The number of nitrogens with zero attached hydrogens (tertiary/aromatic N) is 1. The lowest BCUT2D eigenvalue weighted by Crippen LogP contribution is -2.44. The minimum absolute atomic E-state index is 0.114. The number of nitrogens with one attached hydrogen (secondary N) is 1. The van der Waals surface area contributed by atoms with Crippen molar-refractivity contribution in [1.29, 1.82) is 0 Å². The molecule has 5 nitrogen and oxygen atoms in total. The third kappa shape index (κ3) is 4.99. The predicted octanol–water partition coefficient (Wildman–Crippen LogP) is 3.98. The van der Waals surface area contributed by atoms with Crippen LogP contribution < -0.4 is 11.1 Å². The molecule has 0 aromatic heterocycles. The maximum atomic E-state index is 13.7. The highest BCUT2D eigenvalue weighted by Gasteiger charge is 2.27. The summed E-state index contributed by atoms with van der Waals surface area (Å²) < 4.78 is 19.7. The summed E-state index contributed by atoms with van der Waals surface area (Å²) in [6.45, 7) is 6.75. The van der Waals surface area contributed by atoms with Gasteiger partial charge in [0.25, 0.3) is 0 Å². The van der Waals surface area contributed by atoms with Crippen molar-refractivity contribution in [2.24, 2.45) is 0 Å². The fourth-order valence-electron chi connectivity index (χ4n) is 2.46. The standard InChI is InChI=1S/C16H23BrFN3O2/c1-16(2,3)23-15(22)21-6-4-11(5-7-21)20-13-9-10(17)8-12(18)14(13)19/h8-9,11,20H,4-7,19H2,1-3H3. The summed E-state index contributed by atoms with van der Waals surface area (Å²) in [5.41, 5.74) is 5.97. The van der Waals surface area contributed by atoms with Crippen LogP contribution in [0.4, 0.5) is 20.6 Å². The Labute approximate surface area is 144 Å². The quantitative estimate of drug-likeness (QED) is 0.752. The number of benzene rings is 1. The van der Waals surface area contributed by atoms with Crippen LogP contribution in [0, 0.1) is 5.82 Å². The molecule has 0 saturated carbocycles. The second-order valence-corrected chi connectivity index (χ2v) is 7.65. The monoisotopic (exact) mass is 387 g/mol. The molecule has 0 bridgehead atoms. The van der Waals surface area contributed by atoms with Gasteiger partial charge in [-0.3, -0.25) is 0 Å². The number of nitrogens with two attached hydrogens (primary N) is 1. The van der Waals surface area contributed by atoms with Gasteiger partial charge in [-0.2, -0.15) is 0 Å². The van der Waals surface area contributed by atoms with Crippen molar-refractivity contribution in [3.8, 4) is 0 Å². The van der Waals surface area contributed by atoms with Gasteiger partial charge in [-0.1, -0.05) is 15.9 Å². The van der Waals surface area contributed by atoms with E-state index in [9.17, 15) is 9.18 Å². The fourth-order valence-corrected chi connectivity index (χ4v) is 2.89. The zero-order valence-corrected chi connectivity index (χ0v) is 15.2. The van der Waals surface area contributed by atoms with Gasteiger partial charge >= 0.3 is 6.09 Å². The Morgan fingerprint density at radius 2 is 2.00 bits per heavy atom. The molecule has 23 heavy (non-hydrogen) atoms. The summed E-state index contributed by atoms with van der Waals surface area (Å²) in [4.78, 5) is 13.7. The number of hydrogen-bond acceptors (Lipinski definition) is 4. The number of halogens is 2. The number of likely N-dealkylation sites (tertiary alicyclic amines) is 1. The van der Waals surface area contributed by atoms with Crippen molar-refractivity contribution < 1.29 is 13.9 Å². The Kier molecular flexibility index (Phi) is 5.39. The van der Waals surface area contributed by atoms with Gasteiger partial charge in [0.05, 0.1) is 11.4 Å². The summed E-state index contributed by atoms with van der Waals surface area (Å²) in [5, 5.41) is 3.26. The maximum Gasteiger partial charge on any atom is 0.410 e. The summed E-state index contributed by atoms with van der Waals surface area (Å²) >= 11 is 3.26. The maximum absolute atomic E-state index is 13.7. The van der Waals surface area contributed by atoms with Crippen molar-refractivity contribution in [1.82, 2.24) is 4.90 Å². The van der Waals surface area contributed by atoms with E-state index in [1.165, 1.54) is 6.07 Å². The number of nitrogen functional groups attached to an aromatic ring is 1. The summed E-state index contributed by atoms with van der Waals surface area (Å²) in [6.07, 6.45) is 1.23. The lowest BCUT2D eigenvalue weighted by molar-refractivity contribution is 0.0210. The number of amides is 1. The van der Waals surface area contributed by atoms with Crippen LogP contribution >= 0.6 is 15.9 Å². The molecule has 1 fully saturated rings. The average Bonchev–Trinajstić information content (AvgIpc) is 2.43. The van der Waals surface area contributed by atoms with Crippen molar-refractivity contribution in [2.75, 3.05) is 24.1 Å². The minimum Gasteiger partial charge on any atom is -0.444 e. The topological polar surface area (TPSA) is 67.6 Å². The van der Waals surface area contributed by atoms with E-state index < -0.39 is 11.4 Å². The van der Waals surface area contributed by atoms with E-state index >= 15 is 0 Å². The van der Waals surface area contributed by atoms with Crippen molar-refractivity contribution in [3.05, 3.63) is 22.4 Å².